The van der Waals surface area contributed by atoms with E-state index < -0.39 is 0 Å². The van der Waals surface area contributed by atoms with Crippen LogP contribution in [0.25, 0.3) is 22.3 Å². The monoisotopic (exact) mass is 356 g/mol. The number of anilines is 1. The lowest BCUT2D eigenvalue weighted by Gasteiger charge is -2.08. The van der Waals surface area contributed by atoms with Crippen molar-refractivity contribution in [3.05, 3.63) is 66.4 Å². The van der Waals surface area contributed by atoms with Crippen LogP contribution in [0.15, 0.2) is 60.8 Å². The topological polar surface area (TPSA) is 85.6 Å². The molecule has 7 nitrogen and oxygen atoms in total. The van der Waals surface area contributed by atoms with Crippen molar-refractivity contribution in [2.75, 3.05) is 5.32 Å². The highest BCUT2D eigenvalue weighted by atomic mass is 16.1. The van der Waals surface area contributed by atoms with Crippen LogP contribution in [0.2, 0.25) is 0 Å². The Morgan fingerprint density at radius 1 is 1.04 bits per heavy atom. The zero-order valence-corrected chi connectivity index (χ0v) is 14.4. The first-order valence-electron chi connectivity index (χ1n) is 8.83. The van der Waals surface area contributed by atoms with Crippen molar-refractivity contribution in [2.45, 2.75) is 18.9 Å². The van der Waals surface area contributed by atoms with Crippen molar-refractivity contribution in [2.24, 2.45) is 0 Å². The van der Waals surface area contributed by atoms with Crippen LogP contribution >= 0.6 is 0 Å². The van der Waals surface area contributed by atoms with Gasteiger partial charge in [-0.15, -0.1) is 5.10 Å². The van der Waals surface area contributed by atoms with Crippen LogP contribution in [0.3, 0.4) is 0 Å². The van der Waals surface area contributed by atoms with Crippen molar-refractivity contribution >= 4 is 22.5 Å². The fourth-order valence-electron chi connectivity index (χ4n) is 3.14. The van der Waals surface area contributed by atoms with Gasteiger partial charge in [-0.05, 0) is 59.7 Å². The lowest BCUT2D eigenvalue weighted by Crippen LogP contribution is -2.12. The number of pyridine rings is 1. The highest BCUT2D eigenvalue weighted by Crippen LogP contribution is 2.36. The summed E-state index contributed by atoms with van der Waals surface area (Å²) in [5.41, 5.74) is 3.05. The molecule has 0 unspecified atom stereocenters. The number of fused-ring (bicyclic) bond motifs is 1. The average Bonchev–Trinajstić information content (AvgIpc) is 3.44. The first-order chi connectivity index (χ1) is 13.3. The van der Waals surface area contributed by atoms with Crippen molar-refractivity contribution in [3.63, 3.8) is 0 Å². The van der Waals surface area contributed by atoms with E-state index in [4.69, 9.17) is 0 Å². The molecule has 7 heteroatoms. The lowest BCUT2D eigenvalue weighted by molar-refractivity contribution is 0.102. The van der Waals surface area contributed by atoms with Gasteiger partial charge in [0.2, 0.25) is 0 Å². The van der Waals surface area contributed by atoms with Gasteiger partial charge in [0, 0.05) is 22.8 Å². The van der Waals surface area contributed by atoms with Crippen molar-refractivity contribution in [3.8, 4) is 11.4 Å². The largest absolute Gasteiger partial charge is 0.322 e. The lowest BCUT2D eigenvalue weighted by atomic mass is 10.1. The molecule has 0 aliphatic heterocycles. The number of benzene rings is 2. The van der Waals surface area contributed by atoms with Crippen molar-refractivity contribution in [1.82, 2.24) is 25.2 Å². The summed E-state index contributed by atoms with van der Waals surface area (Å²) in [6.07, 6.45) is 3.89. The molecule has 132 valence electrons. The van der Waals surface area contributed by atoms with E-state index >= 15 is 0 Å². The van der Waals surface area contributed by atoms with E-state index in [1.807, 2.05) is 53.2 Å². The van der Waals surface area contributed by atoms with Gasteiger partial charge in [0.15, 0.2) is 5.82 Å². The summed E-state index contributed by atoms with van der Waals surface area (Å²) < 4.78 is 1.87. The Kier molecular flexibility index (Phi) is 3.64. The van der Waals surface area contributed by atoms with E-state index in [1.165, 1.54) is 0 Å². The van der Waals surface area contributed by atoms with E-state index in [0.717, 1.165) is 40.8 Å². The number of tetrazole rings is 1. The fraction of sp³-hybridized carbons (Fsp3) is 0.150. The molecule has 0 bridgehead atoms. The number of nitrogens with one attached hydrogen (secondary N) is 1. The van der Waals surface area contributed by atoms with Crippen molar-refractivity contribution in [1.29, 1.82) is 0 Å². The molecule has 4 aromatic rings. The van der Waals surface area contributed by atoms with E-state index in [2.05, 4.69) is 25.8 Å². The molecule has 2 heterocycles. The minimum atomic E-state index is -0.163. The molecule has 2 aromatic carbocycles. The summed E-state index contributed by atoms with van der Waals surface area (Å²) in [5, 5.41) is 15.8. The van der Waals surface area contributed by atoms with Gasteiger partial charge < -0.3 is 5.32 Å². The highest BCUT2D eigenvalue weighted by Gasteiger charge is 2.28. The number of para-hydroxylation sites is 1. The zero-order valence-electron chi connectivity index (χ0n) is 14.4. The van der Waals surface area contributed by atoms with Crippen LogP contribution in [0.5, 0.6) is 0 Å². The SMILES string of the molecule is O=C(Nc1ccc(-c2nnnn2C2CC2)cc1)c1ccnc2ccccc12. The number of nitrogens with zero attached hydrogens (tertiary/aromatic N) is 5. The summed E-state index contributed by atoms with van der Waals surface area (Å²) in [5.74, 6) is 0.597. The molecule has 0 spiro atoms. The Morgan fingerprint density at radius 2 is 1.85 bits per heavy atom. The number of hydrogen-bond donors (Lipinski definition) is 1. The number of hydrogen-bond acceptors (Lipinski definition) is 5. The van der Waals surface area contributed by atoms with Gasteiger partial charge in [0.25, 0.3) is 5.91 Å². The molecule has 1 saturated carbocycles. The molecule has 1 aliphatic rings. The van der Waals surface area contributed by atoms with Gasteiger partial charge in [0.05, 0.1) is 17.1 Å². The summed E-state index contributed by atoms with van der Waals surface area (Å²) in [4.78, 5) is 17.0. The summed E-state index contributed by atoms with van der Waals surface area (Å²) in [6, 6.07) is 17.3. The van der Waals surface area contributed by atoms with Gasteiger partial charge in [0.1, 0.15) is 0 Å². The molecule has 1 fully saturated rings. The van der Waals surface area contributed by atoms with Gasteiger partial charge in [-0.25, -0.2) is 4.68 Å². The third-order valence-corrected chi connectivity index (χ3v) is 4.68. The molecule has 0 radical (unpaired) electrons. The summed E-state index contributed by atoms with van der Waals surface area (Å²) in [7, 11) is 0. The minimum absolute atomic E-state index is 0.163. The van der Waals surface area contributed by atoms with Gasteiger partial charge in [-0.2, -0.15) is 0 Å². The number of rotatable bonds is 4. The van der Waals surface area contributed by atoms with Crippen LogP contribution in [-0.2, 0) is 0 Å². The molecule has 0 saturated heterocycles. The van der Waals surface area contributed by atoms with Gasteiger partial charge in [-0.3, -0.25) is 9.78 Å². The maximum absolute atomic E-state index is 12.7. The molecule has 27 heavy (non-hydrogen) atoms. The fourth-order valence-corrected chi connectivity index (χ4v) is 3.14. The van der Waals surface area contributed by atoms with Crippen molar-refractivity contribution < 1.29 is 4.79 Å². The Morgan fingerprint density at radius 3 is 2.67 bits per heavy atom. The highest BCUT2D eigenvalue weighted by molar-refractivity contribution is 6.12. The number of aromatic nitrogens is 5. The Labute approximate surface area is 155 Å². The Balaban J connectivity index is 1.39. The van der Waals surface area contributed by atoms with Gasteiger partial charge >= 0.3 is 0 Å². The first kappa shape index (κ1) is 15.6. The van der Waals surface area contributed by atoms with Crippen LogP contribution in [-0.4, -0.2) is 31.1 Å². The predicted molar refractivity (Wildman–Crippen MR) is 101 cm³/mol. The summed E-state index contributed by atoms with van der Waals surface area (Å²) >= 11 is 0. The Hall–Kier alpha value is -3.61. The molecule has 1 aliphatic carbocycles. The molecular weight excluding hydrogens is 340 g/mol. The van der Waals surface area contributed by atoms with E-state index in [1.54, 1.807) is 12.3 Å². The maximum atomic E-state index is 12.7. The molecule has 1 amide bonds. The molecular formula is C20H16N6O. The zero-order chi connectivity index (χ0) is 18.2. The second-order valence-electron chi connectivity index (χ2n) is 6.59. The quantitative estimate of drug-likeness (QED) is 0.605. The Bertz CT molecular complexity index is 1130. The van der Waals surface area contributed by atoms with Crippen LogP contribution < -0.4 is 5.32 Å². The third kappa shape index (κ3) is 2.93. The molecule has 5 rings (SSSR count). The van der Waals surface area contributed by atoms with Gasteiger partial charge in [-0.1, -0.05) is 18.2 Å². The van der Waals surface area contributed by atoms with Crippen LogP contribution in [0.4, 0.5) is 5.69 Å². The standard InChI is InChI=1S/C20H16N6O/c27-20(17-11-12-21-18-4-2-1-3-16(17)18)22-14-7-5-13(6-8-14)19-23-24-25-26(19)15-9-10-15/h1-8,11-12,15H,9-10H2,(H,22,27). The normalized spacial score (nSPS) is 13.6. The van der Waals surface area contributed by atoms with Crippen LogP contribution in [0, 0.1) is 0 Å². The average molecular weight is 356 g/mol. The molecule has 1 N–H and O–H groups in total. The number of carbonyl (C=O) groups excluding carboxylic acids is 1. The van der Waals surface area contributed by atoms with E-state index in [9.17, 15) is 4.79 Å². The second kappa shape index (κ2) is 6.28. The molecule has 0 atom stereocenters. The summed E-state index contributed by atoms with van der Waals surface area (Å²) in [6.45, 7) is 0. The second-order valence-corrected chi connectivity index (χ2v) is 6.59. The first-order valence-corrected chi connectivity index (χ1v) is 8.83. The molecule has 2 aromatic heterocycles. The maximum Gasteiger partial charge on any atom is 0.256 e. The van der Waals surface area contributed by atoms with Crippen LogP contribution in [0.1, 0.15) is 29.2 Å². The third-order valence-electron chi connectivity index (χ3n) is 4.68. The number of carbonyl (C=O) groups is 1. The minimum Gasteiger partial charge on any atom is -0.322 e. The smallest absolute Gasteiger partial charge is 0.256 e. The number of amides is 1. The van der Waals surface area contributed by atoms with E-state index in [0.29, 0.717) is 11.6 Å². The van der Waals surface area contributed by atoms with E-state index in [-0.39, 0.29) is 5.91 Å². The predicted octanol–water partition coefficient (Wildman–Crippen LogP) is 3.48.